The van der Waals surface area contributed by atoms with Gasteiger partial charge in [0.2, 0.25) is 5.88 Å². The van der Waals surface area contributed by atoms with Crippen molar-refractivity contribution in [1.82, 2.24) is 4.98 Å². The molecule has 1 aromatic heterocycles. The molecule has 0 spiro atoms. The topological polar surface area (TPSA) is 270 Å². The molecule has 3 aromatic rings. The molecule has 3 rings (SSSR count). The fourth-order valence-corrected chi connectivity index (χ4v) is 4.87. The molecule has 0 aliphatic heterocycles. The van der Waals surface area contributed by atoms with Crippen molar-refractivity contribution in [1.29, 1.82) is 5.26 Å². The highest BCUT2D eigenvalue weighted by Crippen LogP contribution is 2.39. The Morgan fingerprint density at radius 1 is 1.06 bits per heavy atom. The van der Waals surface area contributed by atoms with Crippen LogP contribution in [0.4, 0.5) is 22.9 Å². The van der Waals surface area contributed by atoms with Gasteiger partial charge in [-0.15, -0.1) is 14.6 Å². The first-order valence-electron chi connectivity index (χ1n) is 8.98. The van der Waals surface area contributed by atoms with Gasteiger partial charge in [0.05, 0.1) is 24.8 Å². The summed E-state index contributed by atoms with van der Waals surface area (Å²) in [5.41, 5.74) is 10.2. The molecule has 1 heterocycles. The van der Waals surface area contributed by atoms with Crippen molar-refractivity contribution in [2.45, 2.75) is 14.7 Å². The second-order valence-electron chi connectivity index (χ2n) is 6.59. The van der Waals surface area contributed by atoms with E-state index in [1.165, 1.54) is 13.2 Å². The Labute approximate surface area is 206 Å². The first-order valence-corrected chi connectivity index (χ1v) is 12.6. The Morgan fingerprint density at radius 2 is 1.72 bits per heavy atom. The highest BCUT2D eigenvalue weighted by atomic mass is 32.2. The van der Waals surface area contributed by atoms with Crippen LogP contribution in [-0.2, 0) is 29.6 Å². The van der Waals surface area contributed by atoms with Gasteiger partial charge >= 0.3 is 0 Å². The molecule has 7 N–H and O–H groups in total. The summed E-state index contributed by atoms with van der Waals surface area (Å²) < 4.78 is 76.6. The molecule has 0 aliphatic rings. The van der Waals surface area contributed by atoms with Crippen molar-refractivity contribution < 1.29 is 45.3 Å². The van der Waals surface area contributed by atoms with Gasteiger partial charge in [-0.2, -0.15) is 27.1 Å². The summed E-state index contributed by atoms with van der Waals surface area (Å²) in [6.07, 6.45) is 0. The van der Waals surface area contributed by atoms with Crippen molar-refractivity contribution in [3.05, 3.63) is 29.8 Å². The maximum Gasteiger partial charge on any atom is 0.296 e. The summed E-state index contributed by atoms with van der Waals surface area (Å²) in [7, 11) is -8.65. The molecule has 16 nitrogen and oxygen atoms in total. The van der Waals surface area contributed by atoms with Gasteiger partial charge in [0.25, 0.3) is 20.2 Å². The van der Waals surface area contributed by atoms with Crippen LogP contribution >= 0.6 is 12.0 Å². The molecule has 0 amide bonds. The zero-order valence-corrected chi connectivity index (χ0v) is 20.1. The summed E-state index contributed by atoms with van der Waals surface area (Å²) in [5, 5.41) is 28.2. The largest absolute Gasteiger partial charge is 0.480 e. The quantitative estimate of drug-likeness (QED) is 0.0873. The molecule has 0 fully saturated rings. The number of anilines is 2. The lowest BCUT2D eigenvalue weighted by atomic mass is 10.1. The lowest BCUT2D eigenvalue weighted by molar-refractivity contribution is -0.432. The summed E-state index contributed by atoms with van der Waals surface area (Å²) in [6.45, 7) is 0. The van der Waals surface area contributed by atoms with Gasteiger partial charge in [0.15, 0.2) is 11.5 Å². The third-order valence-electron chi connectivity index (χ3n) is 4.45. The number of nitrogens with two attached hydrogens (primary N) is 2. The number of hydrogen-bond acceptors (Lipinski definition) is 15. The number of aromatic nitrogens is 1. The minimum Gasteiger partial charge on any atom is -0.480 e. The number of benzene rings is 2. The van der Waals surface area contributed by atoms with E-state index in [1.807, 2.05) is 0 Å². The van der Waals surface area contributed by atoms with Crippen LogP contribution in [0, 0.1) is 11.3 Å². The Kier molecular flexibility index (Phi) is 7.62. The van der Waals surface area contributed by atoms with E-state index in [1.54, 1.807) is 6.07 Å². The maximum absolute atomic E-state index is 12.0. The van der Waals surface area contributed by atoms with Gasteiger partial charge in [0, 0.05) is 10.3 Å². The van der Waals surface area contributed by atoms with Crippen LogP contribution in [0.25, 0.3) is 10.8 Å². The normalized spacial score (nSPS) is 12.2. The third kappa shape index (κ3) is 5.45. The van der Waals surface area contributed by atoms with Crippen LogP contribution in [0.3, 0.4) is 0 Å². The number of fused-ring (bicyclic) bond motifs is 1. The molecule has 2 aromatic carbocycles. The van der Waals surface area contributed by atoms with Crippen molar-refractivity contribution >= 4 is 65.9 Å². The summed E-state index contributed by atoms with van der Waals surface area (Å²) in [4.78, 5) is 2.24. The van der Waals surface area contributed by atoms with Gasteiger partial charge in [-0.3, -0.25) is 9.11 Å². The van der Waals surface area contributed by atoms with E-state index >= 15 is 0 Å². The summed E-state index contributed by atoms with van der Waals surface area (Å²) >= 11 is 0.327. The first kappa shape index (κ1) is 27.0. The lowest BCUT2D eigenvalue weighted by Crippen LogP contribution is -2.03. The Hall–Kier alpha value is -3.61. The SMILES string of the molecule is COc1nc(N)c(/N=N/c2cc3c(S(=O)(=O)O)cc(SOOO)cc3cc2S(=O)(=O)O)c(N)c1C#N. The highest BCUT2D eigenvalue weighted by molar-refractivity contribution is 7.94. The molecule has 0 unspecified atom stereocenters. The van der Waals surface area contributed by atoms with Crippen LogP contribution in [0.1, 0.15) is 5.56 Å². The number of hydrogen-bond donors (Lipinski definition) is 5. The number of methoxy groups -OCH3 is 1. The van der Waals surface area contributed by atoms with Crippen LogP contribution in [-0.4, -0.2) is 43.3 Å². The number of azo groups is 1. The van der Waals surface area contributed by atoms with Crippen LogP contribution in [0.5, 0.6) is 5.88 Å². The van der Waals surface area contributed by atoms with Gasteiger partial charge in [-0.1, -0.05) is 5.04 Å². The van der Waals surface area contributed by atoms with Gasteiger partial charge in [-0.05, 0) is 29.7 Å². The van der Waals surface area contributed by atoms with E-state index in [-0.39, 0.29) is 44.3 Å². The van der Waals surface area contributed by atoms with Gasteiger partial charge in [-0.25, -0.2) is 5.26 Å². The van der Waals surface area contributed by atoms with Crippen LogP contribution < -0.4 is 16.2 Å². The predicted octanol–water partition coefficient (Wildman–Crippen LogP) is 2.62. The van der Waals surface area contributed by atoms with Crippen LogP contribution in [0.2, 0.25) is 0 Å². The molecule has 0 saturated carbocycles. The minimum absolute atomic E-state index is 0.0475. The summed E-state index contributed by atoms with van der Waals surface area (Å²) in [5.74, 6) is -0.537. The smallest absolute Gasteiger partial charge is 0.296 e. The molecule has 0 radical (unpaired) electrons. The number of nitrogens with zero attached hydrogens (tertiary/aromatic N) is 4. The zero-order valence-electron chi connectivity index (χ0n) is 17.7. The second kappa shape index (κ2) is 10.2. The first-order chi connectivity index (χ1) is 16.8. The van der Waals surface area contributed by atoms with E-state index in [0.717, 1.165) is 18.2 Å². The standard InChI is InChI=1S/C17H14N6O10S3/c1-31-17-10(6-18)14(19)15(16(20)21-17)23-22-11-5-9-7(3-13(11)36(28,29)30)2-8(34-33-32-24)4-12(9)35(25,26)27/h2-5,24H,1H3,(H4,19,20,21)(H,25,26,27)(H,28,29,30)/b23-22+. The van der Waals surface area contributed by atoms with Gasteiger partial charge in [0.1, 0.15) is 27.1 Å². The molecule has 36 heavy (non-hydrogen) atoms. The maximum atomic E-state index is 12.0. The van der Waals surface area contributed by atoms with E-state index in [4.69, 9.17) is 21.5 Å². The summed E-state index contributed by atoms with van der Waals surface area (Å²) in [6, 6.07) is 5.62. The number of rotatable bonds is 8. The Bertz CT molecular complexity index is 1650. The highest BCUT2D eigenvalue weighted by Gasteiger charge is 2.23. The average Bonchev–Trinajstić information content (AvgIpc) is 2.79. The molecule has 0 atom stereocenters. The van der Waals surface area contributed by atoms with Gasteiger partial charge < -0.3 is 16.2 Å². The van der Waals surface area contributed by atoms with E-state index in [2.05, 4.69) is 24.6 Å². The number of nitriles is 1. The molecular weight excluding hydrogens is 544 g/mol. The molecular formula is C17H14N6O10S3. The van der Waals surface area contributed by atoms with Crippen LogP contribution in [0.15, 0.2) is 49.2 Å². The zero-order chi connectivity index (χ0) is 26.8. The van der Waals surface area contributed by atoms with Crippen molar-refractivity contribution in [3.63, 3.8) is 0 Å². The van der Waals surface area contributed by atoms with Crippen molar-refractivity contribution in [2.24, 2.45) is 10.2 Å². The minimum atomic E-state index is -4.97. The lowest BCUT2D eigenvalue weighted by Gasteiger charge is -2.11. The third-order valence-corrected chi connectivity index (χ3v) is 6.78. The molecule has 0 bridgehead atoms. The monoisotopic (exact) mass is 558 g/mol. The molecule has 19 heteroatoms. The molecule has 0 aliphatic carbocycles. The second-order valence-corrected chi connectivity index (χ2v) is 10.1. The van der Waals surface area contributed by atoms with Crippen molar-refractivity contribution in [2.75, 3.05) is 18.6 Å². The Morgan fingerprint density at radius 3 is 2.28 bits per heavy atom. The average molecular weight is 559 g/mol. The fourth-order valence-electron chi connectivity index (χ4n) is 2.97. The molecule has 190 valence electrons. The predicted molar refractivity (Wildman–Crippen MR) is 123 cm³/mol. The number of ether oxygens (including phenoxy) is 1. The van der Waals surface area contributed by atoms with E-state index in [9.17, 15) is 31.2 Å². The van der Waals surface area contributed by atoms with Crippen molar-refractivity contribution in [3.8, 4) is 11.9 Å². The number of nitrogen functional groups attached to an aromatic ring is 2. The fraction of sp³-hybridized carbons (Fsp3) is 0.0588. The van der Waals surface area contributed by atoms with E-state index < -0.39 is 35.7 Å². The number of pyridine rings is 1. The molecule has 0 saturated heterocycles. The van der Waals surface area contributed by atoms with E-state index in [0.29, 0.717) is 12.0 Å². The Balaban J connectivity index is 2.32.